The zero-order valence-corrected chi connectivity index (χ0v) is 11.2. The molecule has 0 saturated carbocycles. The van der Waals surface area contributed by atoms with E-state index in [1.54, 1.807) is 10.6 Å². The number of rotatable bonds is 4. The Morgan fingerprint density at radius 3 is 3.06 bits per heavy atom. The van der Waals surface area contributed by atoms with Gasteiger partial charge >= 0.3 is 0 Å². The standard InChI is InChI=1S/C12H16N4OS/c1-3-13-11-8-14-16(18-11)15-12(17)10-6-4-5-9(2)7-10/h4-8,13-14H,3H2,1-2H3,(H,15,17). The van der Waals surface area contributed by atoms with Gasteiger partial charge in [0.1, 0.15) is 5.03 Å². The van der Waals surface area contributed by atoms with Gasteiger partial charge in [-0.3, -0.25) is 15.6 Å². The second-order valence-electron chi connectivity index (χ2n) is 3.86. The topological polar surface area (TPSA) is 56.4 Å². The van der Waals surface area contributed by atoms with E-state index in [9.17, 15) is 4.79 Å². The Morgan fingerprint density at radius 1 is 1.50 bits per heavy atom. The number of hydrazine groups is 2. The highest BCUT2D eigenvalue weighted by atomic mass is 32.2. The van der Waals surface area contributed by atoms with E-state index in [4.69, 9.17) is 0 Å². The largest absolute Gasteiger partial charge is 0.378 e. The molecule has 0 aliphatic carbocycles. The van der Waals surface area contributed by atoms with Crippen molar-refractivity contribution in [3.63, 3.8) is 0 Å². The van der Waals surface area contributed by atoms with Crippen LogP contribution in [0.3, 0.4) is 0 Å². The second-order valence-corrected chi connectivity index (χ2v) is 4.85. The zero-order valence-electron chi connectivity index (χ0n) is 10.4. The molecule has 1 aromatic carbocycles. The highest BCUT2D eigenvalue weighted by molar-refractivity contribution is 8.00. The fourth-order valence-corrected chi connectivity index (χ4v) is 2.27. The minimum Gasteiger partial charge on any atom is -0.378 e. The van der Waals surface area contributed by atoms with Crippen molar-refractivity contribution in [1.82, 2.24) is 20.7 Å². The van der Waals surface area contributed by atoms with Gasteiger partial charge in [-0.2, -0.15) is 0 Å². The quantitative estimate of drug-likeness (QED) is 0.720. The third-order valence-electron chi connectivity index (χ3n) is 2.34. The van der Waals surface area contributed by atoms with Gasteiger partial charge in [-0.1, -0.05) is 22.2 Å². The van der Waals surface area contributed by atoms with E-state index < -0.39 is 0 Å². The average Bonchev–Trinajstić information content (AvgIpc) is 2.77. The molecule has 1 aliphatic rings. The molecule has 0 unspecified atom stereocenters. The monoisotopic (exact) mass is 264 g/mol. The molecule has 0 fully saturated rings. The van der Waals surface area contributed by atoms with E-state index >= 15 is 0 Å². The van der Waals surface area contributed by atoms with Crippen molar-refractivity contribution in [2.45, 2.75) is 13.8 Å². The summed E-state index contributed by atoms with van der Waals surface area (Å²) in [4.78, 5) is 12.0. The lowest BCUT2D eigenvalue weighted by molar-refractivity contribution is 0.0871. The molecule has 0 aromatic heterocycles. The number of nitrogens with one attached hydrogen (secondary N) is 3. The Kier molecular flexibility index (Phi) is 4.11. The number of carbonyl (C=O) groups is 1. The lowest BCUT2D eigenvalue weighted by Crippen LogP contribution is -2.41. The Balaban J connectivity index is 1.90. The third kappa shape index (κ3) is 3.18. The van der Waals surface area contributed by atoms with Gasteiger partial charge < -0.3 is 5.32 Å². The number of hydrogen-bond donors (Lipinski definition) is 3. The highest BCUT2D eigenvalue weighted by Crippen LogP contribution is 2.19. The molecule has 6 heteroatoms. The maximum atomic E-state index is 12.0. The summed E-state index contributed by atoms with van der Waals surface area (Å²) in [7, 11) is 0. The minimum atomic E-state index is -0.134. The van der Waals surface area contributed by atoms with Gasteiger partial charge in [-0.25, -0.2) is 0 Å². The molecule has 96 valence electrons. The van der Waals surface area contributed by atoms with E-state index in [0.717, 1.165) is 17.1 Å². The summed E-state index contributed by atoms with van der Waals surface area (Å²) in [5, 5.41) is 4.14. The number of nitrogens with zero attached hydrogens (tertiary/aromatic N) is 1. The number of amides is 1. The maximum Gasteiger partial charge on any atom is 0.267 e. The molecule has 0 spiro atoms. The van der Waals surface area contributed by atoms with E-state index in [1.165, 1.54) is 11.9 Å². The summed E-state index contributed by atoms with van der Waals surface area (Å²) in [6.07, 6.45) is 1.81. The first-order valence-electron chi connectivity index (χ1n) is 5.75. The molecule has 0 atom stereocenters. The Labute approximate surface area is 111 Å². The average molecular weight is 264 g/mol. The molecule has 1 aromatic rings. The molecular formula is C12H16N4OS. The summed E-state index contributed by atoms with van der Waals surface area (Å²) in [6.45, 7) is 4.83. The van der Waals surface area contributed by atoms with Crippen molar-refractivity contribution in [2.24, 2.45) is 0 Å². The van der Waals surface area contributed by atoms with Crippen LogP contribution in [0.15, 0.2) is 35.5 Å². The molecule has 0 radical (unpaired) electrons. The molecule has 18 heavy (non-hydrogen) atoms. The maximum absolute atomic E-state index is 12.0. The van der Waals surface area contributed by atoms with Crippen molar-refractivity contribution < 1.29 is 4.79 Å². The number of aryl methyl sites for hydroxylation is 1. The van der Waals surface area contributed by atoms with Crippen LogP contribution in [0, 0.1) is 6.92 Å². The second kappa shape index (κ2) is 5.79. The highest BCUT2D eigenvalue weighted by Gasteiger charge is 2.17. The number of hydrogen-bond acceptors (Lipinski definition) is 5. The van der Waals surface area contributed by atoms with Crippen LogP contribution >= 0.6 is 11.9 Å². The molecule has 3 N–H and O–H groups in total. The van der Waals surface area contributed by atoms with Crippen molar-refractivity contribution in [1.29, 1.82) is 0 Å². The van der Waals surface area contributed by atoms with Crippen molar-refractivity contribution in [3.8, 4) is 0 Å². The summed E-state index contributed by atoms with van der Waals surface area (Å²) in [5.41, 5.74) is 7.42. The predicted molar refractivity (Wildman–Crippen MR) is 73.0 cm³/mol. The van der Waals surface area contributed by atoms with Crippen LogP contribution in [0.4, 0.5) is 0 Å². The molecule has 0 saturated heterocycles. The molecule has 5 nitrogen and oxygen atoms in total. The molecular weight excluding hydrogens is 248 g/mol. The lowest BCUT2D eigenvalue weighted by Gasteiger charge is -2.16. The van der Waals surface area contributed by atoms with E-state index in [1.807, 2.05) is 38.2 Å². The lowest BCUT2D eigenvalue weighted by atomic mass is 10.1. The van der Waals surface area contributed by atoms with Gasteiger partial charge in [0.15, 0.2) is 0 Å². The molecule has 1 amide bonds. The number of benzene rings is 1. The SMILES string of the molecule is CCNC1=CNN(NC(=O)c2cccc(C)c2)S1. The first-order valence-corrected chi connectivity index (χ1v) is 6.52. The zero-order chi connectivity index (χ0) is 13.0. The normalized spacial score (nSPS) is 14.9. The van der Waals surface area contributed by atoms with Gasteiger partial charge in [0, 0.05) is 30.3 Å². The van der Waals surface area contributed by atoms with Crippen LogP contribution in [-0.2, 0) is 0 Å². The molecule has 1 aliphatic heterocycles. The van der Waals surface area contributed by atoms with Gasteiger partial charge in [0.25, 0.3) is 5.91 Å². The summed E-state index contributed by atoms with van der Waals surface area (Å²) in [5.74, 6) is -0.134. The van der Waals surface area contributed by atoms with Crippen LogP contribution in [0.1, 0.15) is 22.8 Å². The summed E-state index contributed by atoms with van der Waals surface area (Å²) in [6, 6.07) is 7.48. The van der Waals surface area contributed by atoms with Crippen LogP contribution in [0.2, 0.25) is 0 Å². The van der Waals surface area contributed by atoms with Gasteiger partial charge in [0.05, 0.1) is 0 Å². The molecule has 1 heterocycles. The third-order valence-corrected chi connectivity index (χ3v) is 3.18. The Bertz CT molecular complexity index is 475. The van der Waals surface area contributed by atoms with E-state index in [0.29, 0.717) is 5.56 Å². The van der Waals surface area contributed by atoms with Crippen LogP contribution in [-0.4, -0.2) is 17.0 Å². The summed E-state index contributed by atoms with van der Waals surface area (Å²) >= 11 is 1.40. The molecule has 2 rings (SSSR count). The van der Waals surface area contributed by atoms with Gasteiger partial charge in [-0.15, -0.1) is 0 Å². The van der Waals surface area contributed by atoms with E-state index in [-0.39, 0.29) is 5.91 Å². The predicted octanol–water partition coefficient (Wildman–Crippen LogP) is 1.52. The minimum absolute atomic E-state index is 0.134. The first-order chi connectivity index (χ1) is 8.69. The van der Waals surface area contributed by atoms with Gasteiger partial charge in [0.2, 0.25) is 0 Å². The number of carbonyl (C=O) groups excluding carboxylic acids is 1. The van der Waals surface area contributed by atoms with Crippen molar-refractivity contribution >= 4 is 17.9 Å². The fraction of sp³-hybridized carbons (Fsp3) is 0.250. The van der Waals surface area contributed by atoms with Crippen LogP contribution in [0.25, 0.3) is 0 Å². The Hall–Kier alpha value is -1.66. The Morgan fingerprint density at radius 2 is 2.33 bits per heavy atom. The molecule has 0 bridgehead atoms. The van der Waals surface area contributed by atoms with E-state index in [2.05, 4.69) is 16.2 Å². The smallest absolute Gasteiger partial charge is 0.267 e. The van der Waals surface area contributed by atoms with Crippen molar-refractivity contribution in [3.05, 3.63) is 46.6 Å². The van der Waals surface area contributed by atoms with Gasteiger partial charge in [-0.05, 0) is 26.0 Å². The fourth-order valence-electron chi connectivity index (χ4n) is 1.52. The van der Waals surface area contributed by atoms with Crippen LogP contribution in [0.5, 0.6) is 0 Å². The van der Waals surface area contributed by atoms with Crippen molar-refractivity contribution in [2.75, 3.05) is 6.54 Å². The first kappa shape index (κ1) is 12.8. The summed E-state index contributed by atoms with van der Waals surface area (Å²) < 4.78 is 1.57. The van der Waals surface area contributed by atoms with Crippen LogP contribution < -0.4 is 16.2 Å².